The van der Waals surface area contributed by atoms with Crippen molar-refractivity contribution in [3.63, 3.8) is 0 Å². The van der Waals surface area contributed by atoms with E-state index in [0.717, 1.165) is 23.0 Å². The fourth-order valence-corrected chi connectivity index (χ4v) is 2.54. The van der Waals surface area contributed by atoms with E-state index in [-0.39, 0.29) is 0 Å². The summed E-state index contributed by atoms with van der Waals surface area (Å²) in [6, 6.07) is 5.40. The van der Waals surface area contributed by atoms with E-state index in [0.29, 0.717) is 11.6 Å². The second kappa shape index (κ2) is 6.54. The first-order valence-electron chi connectivity index (χ1n) is 5.85. The van der Waals surface area contributed by atoms with Crippen LogP contribution >= 0.6 is 22.9 Å². The Morgan fingerprint density at radius 1 is 1.55 bits per heavy atom. The van der Waals surface area contributed by atoms with Gasteiger partial charge in [0.1, 0.15) is 0 Å². The zero-order chi connectivity index (χ0) is 14.5. The number of carboxylic acid groups (broad SMARTS) is 1. The summed E-state index contributed by atoms with van der Waals surface area (Å²) in [5, 5.41) is 11.3. The fraction of sp³-hybridized carbons (Fsp3) is 0.143. The van der Waals surface area contributed by atoms with Crippen molar-refractivity contribution >= 4 is 40.7 Å². The van der Waals surface area contributed by atoms with Crippen LogP contribution in [0.4, 0.5) is 5.69 Å². The van der Waals surface area contributed by atoms with E-state index in [1.807, 2.05) is 23.4 Å². The van der Waals surface area contributed by atoms with Gasteiger partial charge in [-0.2, -0.15) is 0 Å². The molecule has 0 aliphatic carbocycles. The fourth-order valence-electron chi connectivity index (χ4n) is 1.81. The minimum atomic E-state index is -0.988. The van der Waals surface area contributed by atoms with Gasteiger partial charge in [0.2, 0.25) is 0 Å². The summed E-state index contributed by atoms with van der Waals surface area (Å²) < 4.78 is 0. The van der Waals surface area contributed by atoms with Crippen LogP contribution in [0.1, 0.15) is 11.3 Å². The Bertz CT molecular complexity index is 626. The van der Waals surface area contributed by atoms with Crippen molar-refractivity contribution in [1.29, 1.82) is 0 Å². The predicted molar refractivity (Wildman–Crippen MR) is 82.3 cm³/mol. The van der Waals surface area contributed by atoms with Crippen molar-refractivity contribution in [3.05, 3.63) is 51.4 Å². The molecule has 0 atom stereocenters. The topological polar surface area (TPSA) is 53.4 Å². The maximum atomic E-state index is 10.7. The Hall–Kier alpha value is -1.85. The minimum absolute atomic E-state index is 0.570. The van der Waals surface area contributed by atoms with Crippen LogP contribution in [-0.4, -0.2) is 23.1 Å². The number of nitrogens with zero attached hydrogens (tertiary/aromatic N) is 2. The van der Waals surface area contributed by atoms with Crippen LogP contribution in [0.25, 0.3) is 6.08 Å². The number of carboxylic acids is 1. The molecule has 0 aliphatic heterocycles. The normalized spacial score (nSPS) is 10.9. The van der Waals surface area contributed by atoms with Crippen LogP contribution in [0.2, 0.25) is 5.02 Å². The maximum Gasteiger partial charge on any atom is 0.328 e. The third kappa shape index (κ3) is 3.82. The van der Waals surface area contributed by atoms with Crippen LogP contribution < -0.4 is 4.90 Å². The highest BCUT2D eigenvalue weighted by Crippen LogP contribution is 2.26. The zero-order valence-corrected chi connectivity index (χ0v) is 12.4. The number of benzene rings is 1. The first kappa shape index (κ1) is 14.6. The molecule has 1 heterocycles. The second-order valence-electron chi connectivity index (χ2n) is 4.21. The Morgan fingerprint density at radius 3 is 3.00 bits per heavy atom. The van der Waals surface area contributed by atoms with Crippen LogP contribution in [0, 0.1) is 0 Å². The van der Waals surface area contributed by atoms with Gasteiger partial charge in [-0.25, -0.2) is 9.78 Å². The Labute approximate surface area is 126 Å². The molecule has 0 fully saturated rings. The highest BCUT2D eigenvalue weighted by atomic mass is 35.5. The molecule has 0 saturated carbocycles. The highest BCUT2D eigenvalue weighted by molar-refractivity contribution is 7.07. The summed E-state index contributed by atoms with van der Waals surface area (Å²) in [6.45, 7) is 0.652. The quantitative estimate of drug-likeness (QED) is 0.859. The van der Waals surface area contributed by atoms with E-state index < -0.39 is 5.97 Å². The molecular weight excluding hydrogens is 296 g/mol. The molecule has 0 bridgehead atoms. The lowest BCUT2D eigenvalue weighted by atomic mass is 10.1. The van der Waals surface area contributed by atoms with Crippen molar-refractivity contribution in [1.82, 2.24) is 4.98 Å². The van der Waals surface area contributed by atoms with Crippen molar-refractivity contribution < 1.29 is 9.90 Å². The van der Waals surface area contributed by atoms with Gasteiger partial charge in [0.05, 0.1) is 17.7 Å². The lowest BCUT2D eigenvalue weighted by Gasteiger charge is -2.20. The number of halogens is 1. The van der Waals surface area contributed by atoms with Gasteiger partial charge in [-0.1, -0.05) is 11.6 Å². The molecule has 6 heteroatoms. The van der Waals surface area contributed by atoms with Crippen LogP contribution in [0.3, 0.4) is 0 Å². The van der Waals surface area contributed by atoms with Gasteiger partial charge in [0.15, 0.2) is 0 Å². The summed E-state index contributed by atoms with van der Waals surface area (Å²) in [5.74, 6) is -0.988. The molecule has 0 amide bonds. The molecule has 0 aliphatic rings. The average Bonchev–Trinajstić information content (AvgIpc) is 2.89. The molecule has 0 radical (unpaired) electrons. The van der Waals surface area contributed by atoms with Crippen LogP contribution in [0.5, 0.6) is 0 Å². The largest absolute Gasteiger partial charge is 0.478 e. The first-order chi connectivity index (χ1) is 9.56. The number of anilines is 1. The van der Waals surface area contributed by atoms with Gasteiger partial charge in [-0.05, 0) is 29.8 Å². The Balaban J connectivity index is 2.27. The molecule has 0 spiro atoms. The molecular formula is C14H13ClN2O2S. The smallest absolute Gasteiger partial charge is 0.328 e. The standard InChI is InChI=1S/C14H13ClN2O2S/c1-17(7-12-8-20-9-16-12)13-4-3-11(15)6-10(13)2-5-14(18)19/h2-6,8-9H,7H2,1H3,(H,18,19)/b5-2+. The summed E-state index contributed by atoms with van der Waals surface area (Å²) in [5.41, 5.74) is 4.43. The molecule has 20 heavy (non-hydrogen) atoms. The van der Waals surface area contributed by atoms with E-state index in [4.69, 9.17) is 16.7 Å². The molecule has 1 aromatic carbocycles. The molecule has 4 nitrogen and oxygen atoms in total. The summed E-state index contributed by atoms with van der Waals surface area (Å²) >= 11 is 7.52. The predicted octanol–water partition coefficient (Wildman–Crippen LogP) is 3.53. The van der Waals surface area contributed by atoms with Gasteiger partial charge in [-0.3, -0.25) is 0 Å². The van der Waals surface area contributed by atoms with E-state index >= 15 is 0 Å². The molecule has 0 saturated heterocycles. The number of thiazole rings is 1. The van der Waals surface area contributed by atoms with Gasteiger partial charge in [0.25, 0.3) is 0 Å². The van der Waals surface area contributed by atoms with E-state index in [1.165, 1.54) is 0 Å². The van der Waals surface area contributed by atoms with Crippen molar-refractivity contribution in [2.24, 2.45) is 0 Å². The number of aromatic nitrogens is 1. The van der Waals surface area contributed by atoms with Crippen molar-refractivity contribution in [2.45, 2.75) is 6.54 Å². The van der Waals surface area contributed by atoms with Gasteiger partial charge < -0.3 is 10.0 Å². The number of carbonyl (C=O) groups is 1. The van der Waals surface area contributed by atoms with E-state index in [2.05, 4.69) is 4.98 Å². The Kier molecular flexibility index (Phi) is 4.76. The second-order valence-corrected chi connectivity index (χ2v) is 5.37. The lowest BCUT2D eigenvalue weighted by Crippen LogP contribution is -2.17. The minimum Gasteiger partial charge on any atom is -0.478 e. The monoisotopic (exact) mass is 308 g/mol. The summed E-state index contributed by atoms with van der Waals surface area (Å²) in [7, 11) is 1.93. The third-order valence-electron chi connectivity index (χ3n) is 2.69. The molecule has 2 aromatic rings. The SMILES string of the molecule is CN(Cc1cscn1)c1ccc(Cl)cc1/C=C/C(=O)O. The zero-order valence-electron chi connectivity index (χ0n) is 10.8. The van der Waals surface area contributed by atoms with Gasteiger partial charge in [0, 0.05) is 29.2 Å². The molecule has 0 unspecified atom stereocenters. The number of hydrogen-bond donors (Lipinski definition) is 1. The van der Waals surface area contributed by atoms with E-state index in [1.54, 1.807) is 35.1 Å². The van der Waals surface area contributed by atoms with Gasteiger partial charge in [-0.15, -0.1) is 11.3 Å². The average molecular weight is 309 g/mol. The highest BCUT2D eigenvalue weighted by Gasteiger charge is 2.08. The summed E-state index contributed by atoms with van der Waals surface area (Å²) in [4.78, 5) is 16.9. The molecule has 1 N–H and O–H groups in total. The first-order valence-corrected chi connectivity index (χ1v) is 7.17. The van der Waals surface area contributed by atoms with Crippen molar-refractivity contribution in [3.8, 4) is 0 Å². The molecule has 104 valence electrons. The van der Waals surface area contributed by atoms with E-state index in [9.17, 15) is 4.79 Å². The Morgan fingerprint density at radius 2 is 2.35 bits per heavy atom. The third-order valence-corrected chi connectivity index (χ3v) is 3.56. The van der Waals surface area contributed by atoms with Crippen LogP contribution in [-0.2, 0) is 11.3 Å². The van der Waals surface area contributed by atoms with Crippen LogP contribution in [0.15, 0.2) is 35.2 Å². The number of aliphatic carboxylic acids is 1. The van der Waals surface area contributed by atoms with Gasteiger partial charge >= 0.3 is 5.97 Å². The lowest BCUT2D eigenvalue weighted by molar-refractivity contribution is -0.131. The number of rotatable bonds is 5. The molecule has 1 aromatic heterocycles. The molecule has 2 rings (SSSR count). The van der Waals surface area contributed by atoms with Crippen molar-refractivity contribution in [2.75, 3.05) is 11.9 Å². The number of hydrogen-bond acceptors (Lipinski definition) is 4. The summed E-state index contributed by atoms with van der Waals surface area (Å²) in [6.07, 6.45) is 2.65. The maximum absolute atomic E-state index is 10.7.